The van der Waals surface area contributed by atoms with Crippen LogP contribution in [0.15, 0.2) is 42.5 Å². The standard InChI is InChI=1S/C13H14O3S.H3N/c1-10(2)17(14,15)16-13-9-5-7-11-6-3-4-8-12(11)13;/h3-10H,1-2H3;1H3. The van der Waals surface area contributed by atoms with E-state index >= 15 is 0 Å². The number of hydrogen-bond donors (Lipinski definition) is 1. The third-order valence-corrected chi connectivity index (χ3v) is 4.10. The zero-order valence-electron chi connectivity index (χ0n) is 10.5. The highest BCUT2D eigenvalue weighted by atomic mass is 32.2. The molecule has 4 nitrogen and oxygen atoms in total. The second kappa shape index (κ2) is 5.37. The van der Waals surface area contributed by atoms with Gasteiger partial charge in [-0.2, -0.15) is 8.42 Å². The van der Waals surface area contributed by atoms with Crippen LogP contribution in [0.3, 0.4) is 0 Å². The zero-order valence-corrected chi connectivity index (χ0v) is 11.3. The number of benzene rings is 2. The van der Waals surface area contributed by atoms with Gasteiger partial charge in [0.15, 0.2) is 0 Å². The van der Waals surface area contributed by atoms with Crippen molar-refractivity contribution in [2.24, 2.45) is 0 Å². The molecule has 18 heavy (non-hydrogen) atoms. The van der Waals surface area contributed by atoms with Crippen molar-refractivity contribution in [2.45, 2.75) is 19.1 Å². The molecule has 2 rings (SSSR count). The second-order valence-corrected chi connectivity index (χ2v) is 6.20. The Labute approximate surface area is 107 Å². The molecule has 0 aliphatic carbocycles. The van der Waals surface area contributed by atoms with Crippen LogP contribution < -0.4 is 10.3 Å². The number of hydrogen-bond acceptors (Lipinski definition) is 4. The molecule has 3 N–H and O–H groups in total. The van der Waals surface area contributed by atoms with E-state index in [-0.39, 0.29) is 6.15 Å². The Morgan fingerprint density at radius 3 is 2.28 bits per heavy atom. The highest BCUT2D eigenvalue weighted by molar-refractivity contribution is 7.87. The van der Waals surface area contributed by atoms with Crippen molar-refractivity contribution in [3.05, 3.63) is 42.5 Å². The molecule has 0 saturated carbocycles. The van der Waals surface area contributed by atoms with Gasteiger partial charge in [-0.25, -0.2) is 0 Å². The average molecular weight is 267 g/mol. The van der Waals surface area contributed by atoms with Crippen molar-refractivity contribution in [1.82, 2.24) is 6.15 Å². The Hall–Kier alpha value is -1.59. The Morgan fingerprint density at radius 2 is 1.61 bits per heavy atom. The fourth-order valence-corrected chi connectivity index (χ4v) is 2.08. The lowest BCUT2D eigenvalue weighted by atomic mass is 10.1. The lowest BCUT2D eigenvalue weighted by molar-refractivity contribution is 0.479. The first-order chi connectivity index (χ1) is 8.00. The summed E-state index contributed by atoms with van der Waals surface area (Å²) in [5, 5.41) is 1.21. The van der Waals surface area contributed by atoms with Crippen LogP contribution in [-0.4, -0.2) is 13.7 Å². The van der Waals surface area contributed by atoms with Crippen molar-refractivity contribution in [2.75, 3.05) is 0 Å². The largest absolute Gasteiger partial charge is 0.382 e. The highest BCUT2D eigenvalue weighted by Gasteiger charge is 2.19. The van der Waals surface area contributed by atoms with Crippen LogP contribution in [0, 0.1) is 0 Å². The summed E-state index contributed by atoms with van der Waals surface area (Å²) in [6.07, 6.45) is 0. The maximum absolute atomic E-state index is 11.7. The molecule has 0 aromatic heterocycles. The van der Waals surface area contributed by atoms with E-state index in [1.165, 1.54) is 0 Å². The van der Waals surface area contributed by atoms with Crippen molar-refractivity contribution >= 4 is 20.9 Å². The van der Waals surface area contributed by atoms with Gasteiger partial charge >= 0.3 is 10.1 Å². The van der Waals surface area contributed by atoms with Gasteiger partial charge in [-0.15, -0.1) is 0 Å². The molecule has 98 valence electrons. The fraction of sp³-hybridized carbons (Fsp3) is 0.231. The van der Waals surface area contributed by atoms with E-state index in [0.717, 1.165) is 10.8 Å². The summed E-state index contributed by atoms with van der Waals surface area (Å²) in [6, 6.07) is 12.9. The Kier molecular flexibility index (Phi) is 4.32. The van der Waals surface area contributed by atoms with E-state index < -0.39 is 15.4 Å². The molecule has 0 spiro atoms. The van der Waals surface area contributed by atoms with Gasteiger partial charge in [0.2, 0.25) is 0 Å². The summed E-state index contributed by atoms with van der Waals surface area (Å²) in [6.45, 7) is 3.20. The van der Waals surface area contributed by atoms with E-state index in [9.17, 15) is 8.42 Å². The molecular formula is C13H17NO3S. The summed E-state index contributed by atoms with van der Waals surface area (Å²) < 4.78 is 28.6. The minimum atomic E-state index is -3.54. The van der Waals surface area contributed by atoms with Crippen molar-refractivity contribution < 1.29 is 12.6 Å². The van der Waals surface area contributed by atoms with Crippen molar-refractivity contribution in [1.29, 1.82) is 0 Å². The van der Waals surface area contributed by atoms with Gasteiger partial charge in [-0.1, -0.05) is 36.4 Å². The third-order valence-electron chi connectivity index (χ3n) is 2.53. The third kappa shape index (κ3) is 2.80. The van der Waals surface area contributed by atoms with Crippen LogP contribution >= 0.6 is 0 Å². The van der Waals surface area contributed by atoms with Crippen LogP contribution in [-0.2, 0) is 10.1 Å². The molecule has 0 amide bonds. The van der Waals surface area contributed by atoms with Crippen molar-refractivity contribution in [3.63, 3.8) is 0 Å². The van der Waals surface area contributed by atoms with Gasteiger partial charge in [0, 0.05) is 5.39 Å². The van der Waals surface area contributed by atoms with Crippen LogP contribution in [0.4, 0.5) is 0 Å². The molecule has 0 fully saturated rings. The average Bonchev–Trinajstić information content (AvgIpc) is 2.29. The van der Waals surface area contributed by atoms with Gasteiger partial charge in [0.05, 0.1) is 5.25 Å². The molecule has 2 aromatic carbocycles. The van der Waals surface area contributed by atoms with E-state index in [1.807, 2.05) is 30.3 Å². The maximum atomic E-state index is 11.7. The van der Waals surface area contributed by atoms with Gasteiger partial charge in [0.1, 0.15) is 5.75 Å². The van der Waals surface area contributed by atoms with Crippen LogP contribution in [0.2, 0.25) is 0 Å². The minimum Gasteiger partial charge on any atom is -0.382 e. The normalized spacial score (nSPS) is 11.3. The summed E-state index contributed by atoms with van der Waals surface area (Å²) in [7, 11) is -3.54. The molecular weight excluding hydrogens is 250 g/mol. The van der Waals surface area contributed by atoms with E-state index in [1.54, 1.807) is 26.0 Å². The Bertz CT molecular complexity index is 630. The smallest absolute Gasteiger partial charge is 0.311 e. The zero-order chi connectivity index (χ0) is 12.5. The first-order valence-electron chi connectivity index (χ1n) is 5.42. The molecule has 0 radical (unpaired) electrons. The molecule has 0 aliphatic heterocycles. The van der Waals surface area contributed by atoms with Gasteiger partial charge in [-0.3, -0.25) is 0 Å². The predicted octanol–water partition coefficient (Wildman–Crippen LogP) is 3.12. The van der Waals surface area contributed by atoms with E-state index in [4.69, 9.17) is 4.18 Å². The predicted molar refractivity (Wildman–Crippen MR) is 73.7 cm³/mol. The first kappa shape index (κ1) is 14.5. The molecule has 2 aromatic rings. The minimum absolute atomic E-state index is 0. The SMILES string of the molecule is CC(C)S(=O)(=O)Oc1cccc2ccccc12.N. The maximum Gasteiger partial charge on any atom is 0.311 e. The molecule has 0 saturated heterocycles. The molecule has 0 heterocycles. The van der Waals surface area contributed by atoms with Crippen LogP contribution in [0.25, 0.3) is 10.8 Å². The van der Waals surface area contributed by atoms with E-state index in [2.05, 4.69) is 0 Å². The van der Waals surface area contributed by atoms with Gasteiger partial charge in [-0.05, 0) is 25.3 Å². The molecule has 0 unspecified atom stereocenters. The molecule has 0 aliphatic rings. The lowest BCUT2D eigenvalue weighted by Crippen LogP contribution is -2.20. The summed E-state index contributed by atoms with van der Waals surface area (Å²) in [5.74, 6) is 0.386. The van der Waals surface area contributed by atoms with Gasteiger partial charge in [0.25, 0.3) is 0 Å². The fourth-order valence-electron chi connectivity index (χ4n) is 1.49. The highest BCUT2D eigenvalue weighted by Crippen LogP contribution is 2.26. The number of rotatable bonds is 3. The first-order valence-corrected chi connectivity index (χ1v) is 6.89. The Balaban J connectivity index is 0.00000162. The van der Waals surface area contributed by atoms with Crippen LogP contribution in [0.5, 0.6) is 5.75 Å². The van der Waals surface area contributed by atoms with Crippen molar-refractivity contribution in [3.8, 4) is 5.75 Å². The van der Waals surface area contributed by atoms with E-state index in [0.29, 0.717) is 5.75 Å². The topological polar surface area (TPSA) is 78.4 Å². The monoisotopic (exact) mass is 267 g/mol. The number of fused-ring (bicyclic) bond motifs is 1. The second-order valence-electron chi connectivity index (χ2n) is 4.10. The summed E-state index contributed by atoms with van der Waals surface area (Å²) in [4.78, 5) is 0. The summed E-state index contributed by atoms with van der Waals surface area (Å²) in [5.41, 5.74) is 0. The lowest BCUT2D eigenvalue weighted by Gasteiger charge is -2.11. The summed E-state index contributed by atoms with van der Waals surface area (Å²) >= 11 is 0. The Morgan fingerprint density at radius 1 is 1.00 bits per heavy atom. The molecule has 5 heteroatoms. The molecule has 0 atom stereocenters. The van der Waals surface area contributed by atoms with Crippen LogP contribution in [0.1, 0.15) is 13.8 Å². The van der Waals surface area contributed by atoms with Gasteiger partial charge < -0.3 is 10.3 Å². The molecule has 0 bridgehead atoms. The quantitative estimate of drug-likeness (QED) is 0.866.